The van der Waals surface area contributed by atoms with Crippen LogP contribution in [0.2, 0.25) is 0 Å². The molecular weight excluding hydrogens is 408 g/mol. The molecule has 0 bridgehead atoms. The summed E-state index contributed by atoms with van der Waals surface area (Å²) in [6.07, 6.45) is 4.94. The average Bonchev–Trinajstić information content (AvgIpc) is 3.43. The molecule has 32 heavy (non-hydrogen) atoms. The number of rotatable bonds is 10. The minimum atomic E-state index is -0.316. The van der Waals surface area contributed by atoms with Crippen molar-refractivity contribution in [2.75, 3.05) is 0 Å². The Morgan fingerprint density at radius 1 is 0.969 bits per heavy atom. The second-order valence-electron chi connectivity index (χ2n) is 7.96. The lowest BCUT2D eigenvalue weighted by Crippen LogP contribution is -2.40. The van der Waals surface area contributed by atoms with Crippen molar-refractivity contribution < 1.29 is 4.52 Å². The molecule has 1 aromatic carbocycles. The topological polar surface area (TPSA) is 112 Å². The van der Waals surface area contributed by atoms with Crippen LogP contribution < -0.4 is 11.2 Å². The van der Waals surface area contributed by atoms with Crippen LogP contribution in [0, 0.1) is 6.92 Å². The van der Waals surface area contributed by atoms with E-state index in [0.29, 0.717) is 54.6 Å². The van der Waals surface area contributed by atoms with Gasteiger partial charge in [0.25, 0.3) is 11.4 Å². The molecule has 1 N–H and O–H groups in total. The van der Waals surface area contributed by atoms with E-state index in [2.05, 4.69) is 27.0 Å². The lowest BCUT2D eigenvalue weighted by molar-refractivity contribution is 0.420. The number of fused-ring (bicyclic) bond motifs is 1. The summed E-state index contributed by atoms with van der Waals surface area (Å²) in [5, 5.41) is 4.04. The third kappa shape index (κ3) is 4.56. The molecule has 9 nitrogen and oxygen atoms in total. The van der Waals surface area contributed by atoms with Crippen molar-refractivity contribution in [2.24, 2.45) is 0 Å². The number of imidazole rings is 1. The molecule has 168 valence electrons. The van der Waals surface area contributed by atoms with Crippen molar-refractivity contribution in [1.82, 2.24) is 29.2 Å². The lowest BCUT2D eigenvalue weighted by atomic mass is 10.2. The first-order valence-corrected chi connectivity index (χ1v) is 11.2. The predicted octanol–water partition coefficient (Wildman–Crippen LogP) is 3.46. The minimum absolute atomic E-state index is 0.295. The van der Waals surface area contributed by atoms with Gasteiger partial charge in [0.2, 0.25) is 0 Å². The second kappa shape index (κ2) is 9.76. The second-order valence-corrected chi connectivity index (χ2v) is 7.96. The van der Waals surface area contributed by atoms with Crippen LogP contribution in [0.5, 0.6) is 0 Å². The van der Waals surface area contributed by atoms with Gasteiger partial charge in [0, 0.05) is 25.1 Å². The van der Waals surface area contributed by atoms with Crippen molar-refractivity contribution >= 4 is 11.2 Å². The average molecular weight is 437 g/mol. The SMILES string of the molecule is CCCCCn1c(=O)n(CCCCc2noc(-c3ccccc3)n2)c(=O)c2[nH]c(C)nc21. The third-order valence-electron chi connectivity index (χ3n) is 5.49. The van der Waals surface area contributed by atoms with Gasteiger partial charge in [-0.1, -0.05) is 43.1 Å². The number of unbranched alkanes of at least 4 members (excludes halogenated alkanes) is 3. The van der Waals surface area contributed by atoms with E-state index in [1.54, 1.807) is 11.5 Å². The van der Waals surface area contributed by atoms with E-state index in [0.717, 1.165) is 31.2 Å². The van der Waals surface area contributed by atoms with E-state index < -0.39 is 0 Å². The largest absolute Gasteiger partial charge is 0.336 e. The molecule has 0 unspecified atom stereocenters. The fraction of sp³-hybridized carbons (Fsp3) is 0.435. The van der Waals surface area contributed by atoms with E-state index in [1.165, 1.54) is 4.57 Å². The lowest BCUT2D eigenvalue weighted by Gasteiger charge is -2.11. The smallest absolute Gasteiger partial charge is 0.332 e. The standard InChI is InChI=1S/C23H28N6O3/c1-3-4-9-14-28-20-19(24-16(2)25-20)22(30)29(23(28)31)15-10-8-13-18-26-21(32-27-18)17-11-6-5-7-12-17/h5-7,11-12H,3-4,8-10,13-15H2,1-2H3,(H,24,25). The van der Waals surface area contributed by atoms with Crippen LogP contribution in [0.3, 0.4) is 0 Å². The highest BCUT2D eigenvalue weighted by atomic mass is 16.5. The van der Waals surface area contributed by atoms with E-state index in [1.807, 2.05) is 30.3 Å². The van der Waals surface area contributed by atoms with E-state index >= 15 is 0 Å². The number of nitrogens with one attached hydrogen (secondary N) is 1. The van der Waals surface area contributed by atoms with Crippen molar-refractivity contribution in [2.45, 2.75) is 65.5 Å². The van der Waals surface area contributed by atoms with Gasteiger partial charge in [-0.15, -0.1) is 0 Å². The molecule has 0 saturated carbocycles. The summed E-state index contributed by atoms with van der Waals surface area (Å²) in [6.45, 7) is 4.80. The molecule has 4 aromatic rings. The molecule has 0 atom stereocenters. The highest BCUT2D eigenvalue weighted by Crippen LogP contribution is 2.16. The molecular formula is C23H28N6O3. The van der Waals surface area contributed by atoms with Gasteiger partial charge in [-0.05, 0) is 38.3 Å². The summed E-state index contributed by atoms with van der Waals surface area (Å²) in [4.78, 5) is 37.8. The highest BCUT2D eigenvalue weighted by Gasteiger charge is 2.16. The zero-order valence-electron chi connectivity index (χ0n) is 18.5. The first kappa shape index (κ1) is 21.7. The van der Waals surface area contributed by atoms with Crippen molar-refractivity contribution in [3.63, 3.8) is 0 Å². The normalized spacial score (nSPS) is 11.4. The summed E-state index contributed by atoms with van der Waals surface area (Å²) in [6, 6.07) is 9.61. The van der Waals surface area contributed by atoms with Crippen LogP contribution in [-0.2, 0) is 19.5 Å². The fourth-order valence-corrected chi connectivity index (χ4v) is 3.81. The van der Waals surface area contributed by atoms with E-state index in [4.69, 9.17) is 4.52 Å². The van der Waals surface area contributed by atoms with Crippen LogP contribution in [0.4, 0.5) is 0 Å². The van der Waals surface area contributed by atoms with Gasteiger partial charge in [0.05, 0.1) is 0 Å². The van der Waals surface area contributed by atoms with Crippen molar-refractivity contribution in [1.29, 1.82) is 0 Å². The number of H-pyrrole nitrogens is 1. The molecule has 0 amide bonds. The fourth-order valence-electron chi connectivity index (χ4n) is 3.81. The first-order valence-electron chi connectivity index (χ1n) is 11.2. The predicted molar refractivity (Wildman–Crippen MR) is 122 cm³/mol. The Morgan fingerprint density at radius 2 is 1.72 bits per heavy atom. The number of aryl methyl sites for hydroxylation is 3. The number of hydrogen-bond acceptors (Lipinski definition) is 6. The molecule has 0 radical (unpaired) electrons. The summed E-state index contributed by atoms with van der Waals surface area (Å²) in [7, 11) is 0. The minimum Gasteiger partial charge on any atom is -0.336 e. The Hall–Kier alpha value is -3.49. The van der Waals surface area contributed by atoms with Gasteiger partial charge in [-0.3, -0.25) is 13.9 Å². The molecule has 0 aliphatic heterocycles. The number of hydrogen-bond donors (Lipinski definition) is 1. The molecule has 0 saturated heterocycles. The molecule has 9 heteroatoms. The summed E-state index contributed by atoms with van der Waals surface area (Å²) < 4.78 is 8.28. The third-order valence-corrected chi connectivity index (χ3v) is 5.49. The first-order chi connectivity index (χ1) is 15.6. The van der Waals surface area contributed by atoms with E-state index in [9.17, 15) is 9.59 Å². The summed E-state index contributed by atoms with van der Waals surface area (Å²) >= 11 is 0. The van der Waals surface area contributed by atoms with Crippen LogP contribution in [0.25, 0.3) is 22.6 Å². The van der Waals surface area contributed by atoms with Gasteiger partial charge in [-0.25, -0.2) is 9.78 Å². The number of nitrogens with zero attached hydrogens (tertiary/aromatic N) is 5. The molecule has 3 heterocycles. The zero-order valence-corrected chi connectivity index (χ0v) is 18.5. The quantitative estimate of drug-likeness (QED) is 0.381. The van der Waals surface area contributed by atoms with Crippen LogP contribution >= 0.6 is 0 Å². The van der Waals surface area contributed by atoms with Crippen molar-refractivity contribution in [3.8, 4) is 11.5 Å². The Morgan fingerprint density at radius 3 is 2.50 bits per heavy atom. The van der Waals surface area contributed by atoms with Gasteiger partial charge < -0.3 is 9.51 Å². The molecule has 3 aromatic heterocycles. The molecule has 0 spiro atoms. The summed E-state index contributed by atoms with van der Waals surface area (Å²) in [5.41, 5.74) is 1.11. The highest BCUT2D eigenvalue weighted by molar-refractivity contribution is 5.69. The monoisotopic (exact) mass is 436 g/mol. The van der Waals surface area contributed by atoms with Crippen LogP contribution in [0.1, 0.15) is 50.7 Å². The molecule has 0 aliphatic carbocycles. The maximum Gasteiger partial charge on any atom is 0.332 e. The van der Waals surface area contributed by atoms with E-state index in [-0.39, 0.29) is 11.2 Å². The Bertz CT molecular complexity index is 1300. The zero-order chi connectivity index (χ0) is 22.5. The molecule has 0 fully saturated rings. The number of aromatic amines is 1. The van der Waals surface area contributed by atoms with Gasteiger partial charge >= 0.3 is 5.69 Å². The maximum atomic E-state index is 13.1. The number of benzene rings is 1. The summed E-state index contributed by atoms with van der Waals surface area (Å²) in [5.74, 6) is 1.74. The van der Waals surface area contributed by atoms with Crippen molar-refractivity contribution in [3.05, 3.63) is 62.8 Å². The molecule has 0 aliphatic rings. The Labute approximate surface area is 185 Å². The maximum absolute atomic E-state index is 13.1. The van der Waals surface area contributed by atoms with Crippen LogP contribution in [-0.4, -0.2) is 29.2 Å². The van der Waals surface area contributed by atoms with Gasteiger partial charge in [-0.2, -0.15) is 4.98 Å². The number of aromatic nitrogens is 6. The van der Waals surface area contributed by atoms with Gasteiger partial charge in [0.15, 0.2) is 11.5 Å². The Balaban J connectivity index is 1.46. The Kier molecular flexibility index (Phi) is 6.63. The molecule has 4 rings (SSSR count). The van der Waals surface area contributed by atoms with Crippen LogP contribution in [0.15, 0.2) is 44.4 Å². The van der Waals surface area contributed by atoms with Gasteiger partial charge in [0.1, 0.15) is 11.3 Å².